The van der Waals surface area contributed by atoms with Crippen LogP contribution in [-0.4, -0.2) is 11.1 Å². The van der Waals surface area contributed by atoms with Gasteiger partial charge in [0.25, 0.3) is 0 Å². The van der Waals surface area contributed by atoms with Gasteiger partial charge in [-0.05, 0) is 30.0 Å². The van der Waals surface area contributed by atoms with Gasteiger partial charge in [0.1, 0.15) is 0 Å². The van der Waals surface area contributed by atoms with E-state index in [-0.39, 0.29) is 0 Å². The Morgan fingerprint density at radius 1 is 1.33 bits per heavy atom. The Morgan fingerprint density at radius 2 is 2.11 bits per heavy atom. The molecule has 0 bridgehead atoms. The van der Waals surface area contributed by atoms with Crippen molar-refractivity contribution in [3.8, 4) is 12.3 Å². The van der Waals surface area contributed by atoms with Crippen LogP contribution < -0.4 is 5.32 Å². The van der Waals surface area contributed by atoms with Crippen molar-refractivity contribution in [2.24, 2.45) is 5.92 Å². The summed E-state index contributed by atoms with van der Waals surface area (Å²) in [5.41, 5.74) is 2.48. The molecule has 0 saturated heterocycles. The maximum Gasteiger partial charge on any atom is 0.0838 e. The van der Waals surface area contributed by atoms with Crippen LogP contribution in [0.15, 0.2) is 30.3 Å². The minimum Gasteiger partial charge on any atom is -0.332 e. The van der Waals surface area contributed by atoms with Crippen molar-refractivity contribution in [1.82, 2.24) is 9.88 Å². The Bertz CT molecular complexity index is 558. The lowest BCUT2D eigenvalue weighted by molar-refractivity contribution is 0.541. The van der Waals surface area contributed by atoms with Gasteiger partial charge in [0.2, 0.25) is 0 Å². The van der Waals surface area contributed by atoms with E-state index in [1.165, 1.54) is 16.6 Å². The van der Waals surface area contributed by atoms with Gasteiger partial charge in [-0.15, -0.1) is 6.42 Å². The van der Waals surface area contributed by atoms with Crippen LogP contribution in [0.4, 0.5) is 0 Å². The average Bonchev–Trinajstić information content (AvgIpc) is 2.68. The highest BCUT2D eigenvalue weighted by Crippen LogP contribution is 2.19. The second-order valence-corrected chi connectivity index (χ2v) is 5.01. The summed E-state index contributed by atoms with van der Waals surface area (Å²) in [7, 11) is 0. The molecule has 0 radical (unpaired) electrons. The minimum atomic E-state index is 0.631. The molecule has 0 aliphatic carbocycles. The number of terminal acetylenes is 1. The van der Waals surface area contributed by atoms with Crippen LogP contribution in [-0.2, 0) is 13.1 Å². The van der Waals surface area contributed by atoms with Gasteiger partial charge in [-0.25, -0.2) is 0 Å². The molecular formula is C16H20N2. The van der Waals surface area contributed by atoms with Crippen LogP contribution in [0.1, 0.15) is 19.5 Å². The van der Waals surface area contributed by atoms with Crippen molar-refractivity contribution < 1.29 is 0 Å². The molecule has 94 valence electrons. The highest BCUT2D eigenvalue weighted by Gasteiger charge is 2.07. The van der Waals surface area contributed by atoms with Crippen LogP contribution in [0.25, 0.3) is 10.9 Å². The van der Waals surface area contributed by atoms with Gasteiger partial charge >= 0.3 is 0 Å². The Kier molecular flexibility index (Phi) is 4.07. The number of hydrogen-bond donors (Lipinski definition) is 1. The van der Waals surface area contributed by atoms with Gasteiger partial charge in [0, 0.05) is 17.8 Å². The van der Waals surface area contributed by atoms with Crippen molar-refractivity contribution in [2.75, 3.05) is 6.54 Å². The average molecular weight is 240 g/mol. The smallest absolute Gasteiger partial charge is 0.0838 e. The first kappa shape index (κ1) is 12.7. The molecule has 0 saturated carbocycles. The van der Waals surface area contributed by atoms with Crippen molar-refractivity contribution in [1.29, 1.82) is 0 Å². The van der Waals surface area contributed by atoms with E-state index in [0.717, 1.165) is 13.1 Å². The van der Waals surface area contributed by atoms with Gasteiger partial charge < -0.3 is 9.88 Å². The number of rotatable bonds is 5. The fourth-order valence-corrected chi connectivity index (χ4v) is 2.18. The molecule has 2 nitrogen and oxygen atoms in total. The van der Waals surface area contributed by atoms with Gasteiger partial charge in [0.15, 0.2) is 0 Å². The summed E-state index contributed by atoms with van der Waals surface area (Å²) in [6.45, 7) is 6.95. The number of hydrogen-bond acceptors (Lipinski definition) is 1. The standard InChI is InChI=1S/C16H20N2/c1-4-9-18-15(12-17-11-13(2)3)10-14-7-5-6-8-16(14)18/h1,5-8,10,13,17H,9,11-12H2,2-3H3. The van der Waals surface area contributed by atoms with Gasteiger partial charge in [-0.1, -0.05) is 38.0 Å². The van der Waals surface area contributed by atoms with Crippen molar-refractivity contribution in [3.05, 3.63) is 36.0 Å². The maximum atomic E-state index is 5.47. The first-order valence-corrected chi connectivity index (χ1v) is 6.43. The van der Waals surface area contributed by atoms with E-state index in [1.54, 1.807) is 0 Å². The van der Waals surface area contributed by atoms with E-state index >= 15 is 0 Å². The molecule has 0 fully saturated rings. The summed E-state index contributed by atoms with van der Waals surface area (Å²) < 4.78 is 2.21. The van der Waals surface area contributed by atoms with Crippen molar-refractivity contribution in [3.63, 3.8) is 0 Å². The summed E-state index contributed by atoms with van der Waals surface area (Å²) in [6.07, 6.45) is 5.47. The molecule has 1 aromatic carbocycles. The fraction of sp³-hybridized carbons (Fsp3) is 0.375. The first-order chi connectivity index (χ1) is 8.72. The Balaban J connectivity index is 2.25. The topological polar surface area (TPSA) is 17.0 Å². The van der Waals surface area contributed by atoms with Crippen molar-refractivity contribution >= 4 is 10.9 Å². The predicted octanol–water partition coefficient (Wildman–Crippen LogP) is 3.02. The third-order valence-corrected chi connectivity index (χ3v) is 3.00. The lowest BCUT2D eigenvalue weighted by Gasteiger charge is -2.10. The normalized spacial score (nSPS) is 11.0. The molecular weight excluding hydrogens is 220 g/mol. The van der Waals surface area contributed by atoms with Crippen molar-refractivity contribution in [2.45, 2.75) is 26.9 Å². The molecule has 1 heterocycles. The van der Waals surface area contributed by atoms with Crippen LogP contribution in [0.2, 0.25) is 0 Å². The molecule has 2 rings (SSSR count). The maximum absolute atomic E-state index is 5.47. The molecule has 0 atom stereocenters. The SMILES string of the molecule is C#CCn1c(CNCC(C)C)cc2ccccc21. The predicted molar refractivity (Wildman–Crippen MR) is 77.3 cm³/mol. The van der Waals surface area contributed by atoms with E-state index in [1.807, 2.05) is 0 Å². The summed E-state index contributed by atoms with van der Waals surface area (Å²) in [4.78, 5) is 0. The largest absolute Gasteiger partial charge is 0.332 e. The van der Waals surface area contributed by atoms with E-state index in [4.69, 9.17) is 6.42 Å². The van der Waals surface area contributed by atoms with Gasteiger partial charge in [-0.2, -0.15) is 0 Å². The molecule has 0 amide bonds. The minimum absolute atomic E-state index is 0.631. The number of nitrogens with one attached hydrogen (secondary N) is 1. The molecule has 0 aliphatic heterocycles. The molecule has 0 aliphatic rings. The van der Waals surface area contributed by atoms with Gasteiger partial charge in [0.05, 0.1) is 6.54 Å². The molecule has 2 heteroatoms. The van der Waals surface area contributed by atoms with Gasteiger partial charge in [-0.3, -0.25) is 0 Å². The van der Waals surface area contributed by atoms with E-state index < -0.39 is 0 Å². The summed E-state index contributed by atoms with van der Waals surface area (Å²) >= 11 is 0. The Labute approximate surface area is 109 Å². The first-order valence-electron chi connectivity index (χ1n) is 6.43. The monoisotopic (exact) mass is 240 g/mol. The number of fused-ring (bicyclic) bond motifs is 1. The van der Waals surface area contributed by atoms with Crippen LogP contribution in [0.5, 0.6) is 0 Å². The quantitative estimate of drug-likeness (QED) is 0.795. The lowest BCUT2D eigenvalue weighted by atomic mass is 10.2. The van der Waals surface area contributed by atoms with Crippen LogP contribution in [0, 0.1) is 18.3 Å². The summed E-state index contributed by atoms with van der Waals surface area (Å²) in [5, 5.41) is 4.73. The summed E-state index contributed by atoms with van der Waals surface area (Å²) in [6, 6.07) is 10.6. The molecule has 1 aromatic heterocycles. The third-order valence-electron chi connectivity index (χ3n) is 3.00. The molecule has 0 spiro atoms. The number of nitrogens with zero attached hydrogens (tertiary/aromatic N) is 1. The molecule has 18 heavy (non-hydrogen) atoms. The molecule has 2 aromatic rings. The van der Waals surface area contributed by atoms with Crippen LogP contribution in [0.3, 0.4) is 0 Å². The number of benzene rings is 1. The second kappa shape index (κ2) is 5.75. The zero-order valence-electron chi connectivity index (χ0n) is 11.1. The lowest BCUT2D eigenvalue weighted by Crippen LogP contribution is -2.20. The number of para-hydroxylation sites is 1. The third kappa shape index (κ3) is 2.75. The molecule has 0 unspecified atom stereocenters. The zero-order chi connectivity index (χ0) is 13.0. The van der Waals surface area contributed by atoms with Crippen LogP contribution >= 0.6 is 0 Å². The Morgan fingerprint density at radius 3 is 2.83 bits per heavy atom. The number of aromatic nitrogens is 1. The fourth-order valence-electron chi connectivity index (χ4n) is 2.18. The van der Waals surface area contributed by atoms with E-state index in [9.17, 15) is 0 Å². The highest BCUT2D eigenvalue weighted by atomic mass is 15.0. The van der Waals surface area contributed by atoms with E-state index in [2.05, 4.69) is 60.0 Å². The second-order valence-electron chi connectivity index (χ2n) is 5.01. The highest BCUT2D eigenvalue weighted by molar-refractivity contribution is 5.81. The zero-order valence-corrected chi connectivity index (χ0v) is 11.1. The Hall–Kier alpha value is -1.72. The van der Waals surface area contributed by atoms with E-state index in [0.29, 0.717) is 12.5 Å². The summed E-state index contributed by atoms with van der Waals surface area (Å²) in [5.74, 6) is 3.40. The molecule has 1 N–H and O–H groups in total.